The third-order valence-corrected chi connectivity index (χ3v) is 7.76. The molecule has 37 heavy (non-hydrogen) atoms. The monoisotopic (exact) mass is 473 g/mol. The predicted molar refractivity (Wildman–Crippen MR) is 155 cm³/mol. The second-order valence-electron chi connectivity index (χ2n) is 9.77. The first-order valence-electron chi connectivity index (χ1n) is 12.6. The Bertz CT molecular complexity index is 2070. The van der Waals surface area contributed by atoms with E-state index in [1.54, 1.807) is 0 Å². The smallest absolute Gasteiger partial charge is 0.145 e. The van der Waals surface area contributed by atoms with Crippen LogP contribution in [0.15, 0.2) is 121 Å². The summed E-state index contributed by atoms with van der Waals surface area (Å²) >= 11 is 0. The van der Waals surface area contributed by atoms with Crippen LogP contribution in [-0.4, -0.2) is 14.0 Å². The number of para-hydroxylation sites is 2. The zero-order valence-electron chi connectivity index (χ0n) is 20.4. The molecule has 0 unspecified atom stereocenters. The number of benzene rings is 5. The number of nitrogens with zero attached hydrogens (tertiary/aromatic N) is 3. The molecule has 0 spiro atoms. The molecule has 3 aromatic heterocycles. The molecule has 5 aromatic carbocycles. The van der Waals surface area contributed by atoms with Crippen LogP contribution in [0.25, 0.3) is 71.5 Å². The SMILES string of the molecule is Cn1c2ccccc2c2cc(-c3ccc(-c4cn5c6ccccc6c6ccccc6c5n4)cc3)ccc21. The predicted octanol–water partition coefficient (Wildman–Crippen LogP) is 8.62. The van der Waals surface area contributed by atoms with Crippen LogP contribution in [0.3, 0.4) is 0 Å². The van der Waals surface area contributed by atoms with Crippen molar-refractivity contribution in [2.24, 2.45) is 7.05 Å². The van der Waals surface area contributed by atoms with Crippen LogP contribution >= 0.6 is 0 Å². The average Bonchev–Trinajstić information content (AvgIpc) is 3.54. The maximum absolute atomic E-state index is 5.10. The van der Waals surface area contributed by atoms with Gasteiger partial charge in [0.2, 0.25) is 0 Å². The highest BCUT2D eigenvalue weighted by atomic mass is 15.0. The number of imidazole rings is 1. The van der Waals surface area contributed by atoms with E-state index < -0.39 is 0 Å². The van der Waals surface area contributed by atoms with E-state index in [2.05, 4.69) is 137 Å². The number of hydrogen-bond donors (Lipinski definition) is 0. The van der Waals surface area contributed by atoms with Gasteiger partial charge in [-0.15, -0.1) is 0 Å². The Labute approximate surface area is 213 Å². The summed E-state index contributed by atoms with van der Waals surface area (Å²) in [5.74, 6) is 0. The molecule has 8 aromatic rings. The summed E-state index contributed by atoms with van der Waals surface area (Å²) in [6.45, 7) is 0. The molecule has 0 N–H and O–H groups in total. The summed E-state index contributed by atoms with van der Waals surface area (Å²) in [6, 6.07) is 41.3. The lowest BCUT2D eigenvalue weighted by atomic mass is 10.0. The molecule has 0 saturated heterocycles. The molecule has 0 fully saturated rings. The fourth-order valence-electron chi connectivity index (χ4n) is 5.90. The third kappa shape index (κ3) is 2.91. The zero-order chi connectivity index (χ0) is 24.5. The first kappa shape index (κ1) is 20.3. The highest BCUT2D eigenvalue weighted by molar-refractivity contribution is 6.12. The summed E-state index contributed by atoms with van der Waals surface area (Å²) in [6.07, 6.45) is 2.17. The first-order valence-corrected chi connectivity index (χ1v) is 12.6. The number of aromatic nitrogens is 3. The van der Waals surface area contributed by atoms with Crippen LogP contribution < -0.4 is 0 Å². The first-order chi connectivity index (χ1) is 18.3. The van der Waals surface area contributed by atoms with Crippen molar-refractivity contribution in [2.75, 3.05) is 0 Å². The maximum Gasteiger partial charge on any atom is 0.145 e. The second-order valence-corrected chi connectivity index (χ2v) is 9.77. The van der Waals surface area contributed by atoms with Crippen molar-refractivity contribution in [3.8, 4) is 22.4 Å². The second kappa shape index (κ2) is 7.55. The highest BCUT2D eigenvalue weighted by Crippen LogP contribution is 2.34. The van der Waals surface area contributed by atoms with E-state index in [4.69, 9.17) is 4.98 Å². The zero-order valence-corrected chi connectivity index (χ0v) is 20.4. The molecule has 3 nitrogen and oxygen atoms in total. The summed E-state index contributed by atoms with van der Waals surface area (Å²) in [7, 11) is 2.14. The topological polar surface area (TPSA) is 22.2 Å². The van der Waals surface area contributed by atoms with Gasteiger partial charge < -0.3 is 4.57 Å². The van der Waals surface area contributed by atoms with Crippen LogP contribution in [0.1, 0.15) is 0 Å². The Balaban J connectivity index is 1.25. The lowest BCUT2D eigenvalue weighted by Gasteiger charge is -2.07. The third-order valence-electron chi connectivity index (χ3n) is 7.76. The van der Waals surface area contributed by atoms with E-state index in [0.717, 1.165) is 16.9 Å². The number of rotatable bonds is 2. The van der Waals surface area contributed by atoms with Gasteiger partial charge in [-0.05, 0) is 40.8 Å². The van der Waals surface area contributed by atoms with Gasteiger partial charge in [0.1, 0.15) is 5.65 Å². The molecular weight excluding hydrogens is 450 g/mol. The van der Waals surface area contributed by atoms with Gasteiger partial charge in [0.15, 0.2) is 0 Å². The summed E-state index contributed by atoms with van der Waals surface area (Å²) < 4.78 is 4.50. The highest BCUT2D eigenvalue weighted by Gasteiger charge is 2.13. The Kier molecular flexibility index (Phi) is 4.15. The lowest BCUT2D eigenvalue weighted by Crippen LogP contribution is -1.89. The molecule has 0 aliphatic rings. The van der Waals surface area contributed by atoms with Crippen molar-refractivity contribution < 1.29 is 0 Å². The molecule has 0 saturated carbocycles. The van der Waals surface area contributed by atoms with E-state index in [0.29, 0.717) is 0 Å². The van der Waals surface area contributed by atoms with Gasteiger partial charge in [0, 0.05) is 51.4 Å². The average molecular weight is 474 g/mol. The van der Waals surface area contributed by atoms with Crippen LogP contribution in [-0.2, 0) is 7.05 Å². The maximum atomic E-state index is 5.10. The van der Waals surface area contributed by atoms with Gasteiger partial charge in [0.05, 0.1) is 11.2 Å². The quantitative estimate of drug-likeness (QED) is 0.230. The van der Waals surface area contributed by atoms with Crippen LogP contribution in [0.5, 0.6) is 0 Å². The largest absolute Gasteiger partial charge is 0.344 e. The van der Waals surface area contributed by atoms with Crippen LogP contribution in [0, 0.1) is 0 Å². The minimum absolute atomic E-state index is 0.984. The van der Waals surface area contributed by atoms with Crippen molar-refractivity contribution in [3.63, 3.8) is 0 Å². The van der Waals surface area contributed by atoms with Crippen molar-refractivity contribution in [3.05, 3.63) is 121 Å². The summed E-state index contributed by atoms with van der Waals surface area (Å²) in [5.41, 5.74) is 9.22. The Morgan fingerprint density at radius 2 is 1.05 bits per heavy atom. The Morgan fingerprint density at radius 3 is 1.84 bits per heavy atom. The molecule has 174 valence electrons. The summed E-state index contributed by atoms with van der Waals surface area (Å²) in [5, 5.41) is 6.24. The van der Waals surface area contributed by atoms with Gasteiger partial charge >= 0.3 is 0 Å². The van der Waals surface area contributed by atoms with Crippen molar-refractivity contribution >= 4 is 49.1 Å². The van der Waals surface area contributed by atoms with E-state index in [1.165, 1.54) is 54.6 Å². The van der Waals surface area contributed by atoms with Crippen molar-refractivity contribution in [1.82, 2.24) is 14.0 Å². The number of hydrogen-bond acceptors (Lipinski definition) is 1. The van der Waals surface area contributed by atoms with Crippen molar-refractivity contribution in [1.29, 1.82) is 0 Å². The number of aryl methyl sites for hydroxylation is 1. The van der Waals surface area contributed by atoms with E-state index in [-0.39, 0.29) is 0 Å². The standard InChI is InChI=1S/C34H23N3/c1-36-31-12-6-4-10-27(31)29-20-24(18-19-32(29)36)22-14-16-23(17-15-22)30-21-37-33-13-7-5-9-26(33)25-8-2-3-11-28(25)34(37)35-30/h2-21H,1H3. The van der Waals surface area contributed by atoms with E-state index >= 15 is 0 Å². The van der Waals surface area contributed by atoms with Gasteiger partial charge in [0.25, 0.3) is 0 Å². The molecule has 0 atom stereocenters. The van der Waals surface area contributed by atoms with E-state index in [1.807, 2.05) is 0 Å². The minimum Gasteiger partial charge on any atom is -0.344 e. The summed E-state index contributed by atoms with van der Waals surface area (Å²) in [4.78, 5) is 5.10. The van der Waals surface area contributed by atoms with Crippen molar-refractivity contribution in [2.45, 2.75) is 0 Å². The number of pyridine rings is 1. The van der Waals surface area contributed by atoms with E-state index in [9.17, 15) is 0 Å². The van der Waals surface area contributed by atoms with Crippen LogP contribution in [0.4, 0.5) is 0 Å². The Morgan fingerprint density at radius 1 is 0.486 bits per heavy atom. The molecule has 0 amide bonds. The van der Waals surface area contributed by atoms with Gasteiger partial charge in [-0.3, -0.25) is 4.40 Å². The molecule has 3 heteroatoms. The molecule has 8 rings (SSSR count). The fourth-order valence-corrected chi connectivity index (χ4v) is 5.90. The fraction of sp³-hybridized carbons (Fsp3) is 0.0294. The molecular formula is C34H23N3. The molecule has 0 radical (unpaired) electrons. The lowest BCUT2D eigenvalue weighted by molar-refractivity contribution is 1.01. The van der Waals surface area contributed by atoms with Gasteiger partial charge in [-0.2, -0.15) is 0 Å². The van der Waals surface area contributed by atoms with Gasteiger partial charge in [-0.25, -0.2) is 4.98 Å². The molecule has 0 aliphatic carbocycles. The molecule has 0 aliphatic heterocycles. The minimum atomic E-state index is 0.984. The molecule has 0 bridgehead atoms. The Hall–Kier alpha value is -4.89. The van der Waals surface area contributed by atoms with Gasteiger partial charge in [-0.1, -0.05) is 91.0 Å². The number of fused-ring (bicyclic) bond motifs is 9. The normalized spacial score (nSPS) is 11.9. The molecule has 3 heterocycles. The van der Waals surface area contributed by atoms with Crippen LogP contribution in [0.2, 0.25) is 0 Å².